The number of benzene rings is 2. The van der Waals surface area contributed by atoms with E-state index in [2.05, 4.69) is 16.6 Å². The second-order valence-electron chi connectivity index (χ2n) is 4.80. The van der Waals surface area contributed by atoms with Crippen molar-refractivity contribution in [3.63, 3.8) is 0 Å². The minimum absolute atomic E-state index is 0.0190. The summed E-state index contributed by atoms with van der Waals surface area (Å²) in [7, 11) is -0.601. The van der Waals surface area contributed by atoms with E-state index >= 15 is 0 Å². The van der Waals surface area contributed by atoms with Crippen molar-refractivity contribution >= 4 is 10.0 Å². The Morgan fingerprint density at radius 1 is 0.960 bits per heavy atom. The van der Waals surface area contributed by atoms with Gasteiger partial charge in [0.05, 0.1) is 25.7 Å². The van der Waals surface area contributed by atoms with Gasteiger partial charge in [0.1, 0.15) is 12.4 Å². The number of nitrogens with one attached hydrogen (secondary N) is 1. The number of hydrogen-bond donors (Lipinski definition) is 1. The van der Waals surface area contributed by atoms with Crippen molar-refractivity contribution in [1.29, 1.82) is 0 Å². The summed E-state index contributed by atoms with van der Waals surface area (Å²) in [5, 5.41) is 0. The first-order valence-electron chi connectivity index (χ1n) is 7.42. The summed E-state index contributed by atoms with van der Waals surface area (Å²) in [6.07, 6.45) is 0. The van der Waals surface area contributed by atoms with Crippen LogP contribution in [0.4, 0.5) is 0 Å². The Labute approximate surface area is 147 Å². The molecule has 0 radical (unpaired) electrons. The zero-order valence-corrected chi connectivity index (χ0v) is 14.8. The summed E-state index contributed by atoms with van der Waals surface area (Å²) in [5.41, 5.74) is 0. The van der Waals surface area contributed by atoms with Crippen LogP contribution in [-0.2, 0) is 10.0 Å². The molecule has 2 rings (SSSR count). The lowest BCUT2D eigenvalue weighted by atomic mass is 10.3. The van der Waals surface area contributed by atoms with Crippen LogP contribution in [0.15, 0.2) is 53.4 Å². The van der Waals surface area contributed by atoms with Gasteiger partial charge in [-0.25, -0.2) is 8.42 Å². The van der Waals surface area contributed by atoms with Gasteiger partial charge in [0.15, 0.2) is 11.5 Å². The summed E-state index contributed by atoms with van der Waals surface area (Å²) in [4.78, 5) is 0.124. The molecule has 25 heavy (non-hydrogen) atoms. The SMILES string of the molecule is COc1cccc(S(=O)(=O)NCC#CCOc2ccccc2OC)c1. The Hall–Kier alpha value is -2.69. The maximum atomic E-state index is 12.2. The summed E-state index contributed by atoms with van der Waals surface area (Å²) in [6, 6.07) is 13.4. The zero-order chi connectivity index (χ0) is 18.1. The summed E-state index contributed by atoms with van der Waals surface area (Å²) in [5.74, 6) is 7.13. The molecule has 0 heterocycles. The fourth-order valence-corrected chi connectivity index (χ4v) is 2.91. The Morgan fingerprint density at radius 2 is 1.72 bits per heavy atom. The first-order chi connectivity index (χ1) is 12.1. The lowest BCUT2D eigenvalue weighted by Gasteiger charge is -2.07. The van der Waals surface area contributed by atoms with E-state index in [9.17, 15) is 8.42 Å². The van der Waals surface area contributed by atoms with Crippen LogP contribution in [0.5, 0.6) is 17.2 Å². The second-order valence-corrected chi connectivity index (χ2v) is 6.56. The van der Waals surface area contributed by atoms with Gasteiger partial charge in [0.2, 0.25) is 10.0 Å². The molecule has 0 atom stereocenters. The van der Waals surface area contributed by atoms with E-state index in [0.717, 1.165) is 0 Å². The molecule has 0 aliphatic carbocycles. The number of methoxy groups -OCH3 is 2. The fourth-order valence-electron chi connectivity index (χ4n) is 1.95. The van der Waals surface area contributed by atoms with Crippen molar-refractivity contribution in [2.45, 2.75) is 4.90 Å². The number of ether oxygens (including phenoxy) is 3. The van der Waals surface area contributed by atoms with Crippen LogP contribution in [0.2, 0.25) is 0 Å². The van der Waals surface area contributed by atoms with Gasteiger partial charge >= 0.3 is 0 Å². The normalized spacial score (nSPS) is 10.5. The molecular weight excluding hydrogens is 342 g/mol. The Morgan fingerprint density at radius 3 is 2.44 bits per heavy atom. The molecule has 0 aliphatic heterocycles. The van der Waals surface area contributed by atoms with Crippen LogP contribution in [0.3, 0.4) is 0 Å². The van der Waals surface area contributed by atoms with E-state index < -0.39 is 10.0 Å². The predicted molar refractivity (Wildman–Crippen MR) is 94.4 cm³/mol. The van der Waals surface area contributed by atoms with Gasteiger partial charge in [-0.15, -0.1) is 0 Å². The molecule has 0 fully saturated rings. The van der Waals surface area contributed by atoms with Gasteiger partial charge < -0.3 is 14.2 Å². The van der Waals surface area contributed by atoms with Crippen molar-refractivity contribution in [2.24, 2.45) is 0 Å². The van der Waals surface area contributed by atoms with Gasteiger partial charge in [-0.1, -0.05) is 30.0 Å². The predicted octanol–water partition coefficient (Wildman–Crippen LogP) is 2.06. The highest BCUT2D eigenvalue weighted by Crippen LogP contribution is 2.25. The smallest absolute Gasteiger partial charge is 0.241 e. The third kappa shape index (κ3) is 5.41. The average Bonchev–Trinajstić information content (AvgIpc) is 2.64. The molecule has 0 aromatic heterocycles. The van der Waals surface area contributed by atoms with Crippen molar-refractivity contribution in [3.05, 3.63) is 48.5 Å². The number of rotatable bonds is 7. The van der Waals surface area contributed by atoms with Crippen LogP contribution in [0.1, 0.15) is 0 Å². The molecule has 0 bridgehead atoms. The quantitative estimate of drug-likeness (QED) is 0.764. The minimum Gasteiger partial charge on any atom is -0.497 e. The Balaban J connectivity index is 1.87. The summed E-state index contributed by atoms with van der Waals surface area (Å²) in [6.45, 7) is 0.107. The van der Waals surface area contributed by atoms with E-state index in [1.807, 2.05) is 12.1 Å². The lowest BCUT2D eigenvalue weighted by molar-refractivity contribution is 0.331. The molecule has 0 spiro atoms. The highest BCUT2D eigenvalue weighted by Gasteiger charge is 2.13. The van der Waals surface area contributed by atoms with E-state index in [4.69, 9.17) is 14.2 Å². The molecule has 1 N–H and O–H groups in total. The fraction of sp³-hybridized carbons (Fsp3) is 0.222. The lowest BCUT2D eigenvalue weighted by Crippen LogP contribution is -2.24. The molecule has 6 nitrogen and oxygen atoms in total. The van der Waals surface area contributed by atoms with Crippen molar-refractivity contribution < 1.29 is 22.6 Å². The maximum absolute atomic E-state index is 12.2. The van der Waals surface area contributed by atoms with Crippen LogP contribution >= 0.6 is 0 Å². The third-order valence-electron chi connectivity index (χ3n) is 3.20. The highest BCUT2D eigenvalue weighted by atomic mass is 32.2. The van der Waals surface area contributed by atoms with Gasteiger partial charge in [0, 0.05) is 6.07 Å². The van der Waals surface area contributed by atoms with Crippen molar-refractivity contribution in [1.82, 2.24) is 4.72 Å². The van der Waals surface area contributed by atoms with Crippen LogP contribution < -0.4 is 18.9 Å². The molecular formula is C18H19NO5S. The van der Waals surface area contributed by atoms with Gasteiger partial charge in [-0.3, -0.25) is 0 Å². The summed E-state index contributed by atoms with van der Waals surface area (Å²) >= 11 is 0. The van der Waals surface area contributed by atoms with Gasteiger partial charge in [-0.05, 0) is 24.3 Å². The van der Waals surface area contributed by atoms with E-state index in [0.29, 0.717) is 17.2 Å². The standard InChI is InChI=1S/C18H19NO5S/c1-22-15-8-7-9-16(14-15)25(20,21)19-12-5-6-13-24-18-11-4-3-10-17(18)23-2/h3-4,7-11,14,19H,12-13H2,1-2H3. The Bertz CT molecular complexity index is 868. The Kier molecular flexibility index (Phi) is 6.69. The van der Waals surface area contributed by atoms with E-state index in [1.54, 1.807) is 31.4 Å². The monoisotopic (exact) mass is 361 g/mol. The molecule has 0 unspecified atom stereocenters. The minimum atomic E-state index is -3.64. The highest BCUT2D eigenvalue weighted by molar-refractivity contribution is 7.89. The van der Waals surface area contributed by atoms with E-state index in [-0.39, 0.29) is 18.0 Å². The molecule has 0 saturated heterocycles. The first-order valence-corrected chi connectivity index (χ1v) is 8.90. The number of para-hydroxylation sites is 2. The second kappa shape index (κ2) is 8.97. The van der Waals surface area contributed by atoms with Crippen molar-refractivity contribution in [3.8, 4) is 29.1 Å². The largest absolute Gasteiger partial charge is 0.497 e. The average molecular weight is 361 g/mol. The third-order valence-corrected chi connectivity index (χ3v) is 4.59. The summed E-state index contributed by atoms with van der Waals surface area (Å²) < 4.78 is 42.4. The maximum Gasteiger partial charge on any atom is 0.241 e. The molecule has 132 valence electrons. The van der Waals surface area contributed by atoms with Gasteiger partial charge in [0.25, 0.3) is 0 Å². The van der Waals surface area contributed by atoms with E-state index in [1.165, 1.54) is 19.2 Å². The molecule has 0 amide bonds. The molecule has 7 heteroatoms. The molecule has 0 aliphatic rings. The molecule has 2 aromatic rings. The topological polar surface area (TPSA) is 73.9 Å². The van der Waals surface area contributed by atoms with Crippen LogP contribution in [0.25, 0.3) is 0 Å². The molecule has 0 saturated carbocycles. The molecule has 2 aromatic carbocycles. The van der Waals surface area contributed by atoms with Crippen LogP contribution in [-0.4, -0.2) is 35.8 Å². The number of sulfonamides is 1. The zero-order valence-electron chi connectivity index (χ0n) is 14.0. The first kappa shape index (κ1) is 18.6. The van der Waals surface area contributed by atoms with Gasteiger partial charge in [-0.2, -0.15) is 4.72 Å². The van der Waals surface area contributed by atoms with Crippen LogP contribution in [0, 0.1) is 11.8 Å². The van der Waals surface area contributed by atoms with Crippen molar-refractivity contribution in [2.75, 3.05) is 27.4 Å². The number of hydrogen-bond acceptors (Lipinski definition) is 5.